The average molecular weight is 393 g/mol. The number of benzene rings is 2. The molecular weight excluding hydrogens is 376 g/mol. The topological polar surface area (TPSA) is 79.8 Å². The van der Waals surface area contributed by atoms with Gasteiger partial charge in [0.25, 0.3) is 5.91 Å². The minimum absolute atomic E-state index is 0.0163. The number of H-pyrrole nitrogens is 1. The van der Waals surface area contributed by atoms with E-state index in [0.29, 0.717) is 27.4 Å². The first-order valence-corrected chi connectivity index (χ1v) is 9.07. The molecule has 0 unspecified atom stereocenters. The molecule has 2 aromatic carbocycles. The predicted molar refractivity (Wildman–Crippen MR) is 111 cm³/mol. The maximum atomic E-state index is 13.0. The smallest absolute Gasteiger partial charge is 0.261 e. The Bertz CT molecular complexity index is 1260. The fourth-order valence-electron chi connectivity index (χ4n) is 3.12. The second-order valence-corrected chi connectivity index (χ2v) is 6.94. The van der Waals surface area contributed by atoms with Crippen LogP contribution in [0.3, 0.4) is 0 Å². The molecule has 0 aliphatic heterocycles. The van der Waals surface area contributed by atoms with Gasteiger partial charge in [-0.05, 0) is 43.7 Å². The van der Waals surface area contributed by atoms with E-state index in [9.17, 15) is 9.59 Å². The number of nitrogens with one attached hydrogen (secondary N) is 2. The van der Waals surface area contributed by atoms with Crippen LogP contribution in [-0.4, -0.2) is 20.7 Å². The number of carbonyl (C=O) groups is 1. The maximum Gasteiger partial charge on any atom is 0.261 e. The van der Waals surface area contributed by atoms with Gasteiger partial charge in [-0.1, -0.05) is 35.9 Å². The van der Waals surface area contributed by atoms with E-state index in [4.69, 9.17) is 11.6 Å². The second-order valence-electron chi connectivity index (χ2n) is 6.50. The summed E-state index contributed by atoms with van der Waals surface area (Å²) in [6.07, 6.45) is 1.42. The number of hydrogen-bond donors (Lipinski definition) is 2. The molecule has 0 atom stereocenters. The summed E-state index contributed by atoms with van der Waals surface area (Å²) in [6.45, 7) is 3.60. The zero-order chi connectivity index (χ0) is 19.8. The minimum atomic E-state index is -0.500. The van der Waals surface area contributed by atoms with Crippen LogP contribution in [0.5, 0.6) is 0 Å². The van der Waals surface area contributed by atoms with Crippen molar-refractivity contribution in [3.8, 4) is 5.69 Å². The second kappa shape index (κ2) is 6.98. The van der Waals surface area contributed by atoms with Crippen molar-refractivity contribution in [1.29, 1.82) is 0 Å². The quantitative estimate of drug-likeness (QED) is 0.547. The number of aromatic nitrogens is 3. The Morgan fingerprint density at radius 2 is 1.89 bits per heavy atom. The van der Waals surface area contributed by atoms with Gasteiger partial charge in [0.05, 0.1) is 16.8 Å². The van der Waals surface area contributed by atoms with E-state index in [1.807, 2.05) is 37.3 Å². The van der Waals surface area contributed by atoms with E-state index < -0.39 is 5.91 Å². The molecule has 0 spiro atoms. The number of fused-ring (bicyclic) bond motifs is 1. The normalized spacial score (nSPS) is 11.0. The van der Waals surface area contributed by atoms with Gasteiger partial charge in [0.15, 0.2) is 0 Å². The van der Waals surface area contributed by atoms with Crippen LogP contribution in [0.2, 0.25) is 5.02 Å². The number of anilines is 1. The average Bonchev–Trinajstić information content (AvgIpc) is 3.03. The number of pyridine rings is 1. The molecule has 0 bridgehead atoms. The summed E-state index contributed by atoms with van der Waals surface area (Å²) < 4.78 is 1.66. The highest BCUT2D eigenvalue weighted by atomic mass is 35.5. The Morgan fingerprint density at radius 1 is 1.14 bits per heavy atom. The van der Waals surface area contributed by atoms with Crippen LogP contribution in [0.15, 0.2) is 59.5 Å². The van der Waals surface area contributed by atoms with Crippen LogP contribution >= 0.6 is 11.6 Å². The van der Waals surface area contributed by atoms with E-state index >= 15 is 0 Å². The molecule has 0 aliphatic rings. The number of para-hydroxylation sites is 1. The van der Waals surface area contributed by atoms with E-state index in [1.54, 1.807) is 29.8 Å². The first-order valence-electron chi connectivity index (χ1n) is 8.69. The zero-order valence-corrected chi connectivity index (χ0v) is 16.0. The highest BCUT2D eigenvalue weighted by molar-refractivity contribution is 6.31. The third-order valence-corrected chi connectivity index (χ3v) is 4.81. The van der Waals surface area contributed by atoms with E-state index in [1.165, 1.54) is 6.20 Å². The highest BCUT2D eigenvalue weighted by Gasteiger charge is 2.19. The number of carbonyl (C=O) groups excluding carboxylic acids is 1. The van der Waals surface area contributed by atoms with E-state index in [-0.39, 0.29) is 11.0 Å². The molecule has 6 nitrogen and oxygen atoms in total. The number of aryl methyl sites for hydroxylation is 2. The van der Waals surface area contributed by atoms with Gasteiger partial charge < -0.3 is 10.3 Å². The van der Waals surface area contributed by atoms with Crippen LogP contribution in [0.4, 0.5) is 5.69 Å². The minimum Gasteiger partial charge on any atom is -0.345 e. The summed E-state index contributed by atoms with van der Waals surface area (Å²) in [5, 5.41) is 8.12. The molecule has 28 heavy (non-hydrogen) atoms. The van der Waals surface area contributed by atoms with Gasteiger partial charge >= 0.3 is 0 Å². The number of aromatic amines is 1. The molecule has 2 aromatic heterocycles. The monoisotopic (exact) mass is 392 g/mol. The van der Waals surface area contributed by atoms with Crippen molar-refractivity contribution in [3.63, 3.8) is 0 Å². The van der Waals surface area contributed by atoms with Gasteiger partial charge in [-0.3, -0.25) is 9.59 Å². The van der Waals surface area contributed by atoms with E-state index in [0.717, 1.165) is 11.3 Å². The maximum absolute atomic E-state index is 13.0. The number of hydrogen-bond acceptors (Lipinski definition) is 3. The highest BCUT2D eigenvalue weighted by Crippen LogP contribution is 2.21. The third-order valence-electron chi connectivity index (χ3n) is 4.58. The van der Waals surface area contributed by atoms with Crippen LogP contribution in [0.1, 0.15) is 21.6 Å². The summed E-state index contributed by atoms with van der Waals surface area (Å²) in [5.41, 5.74) is 2.98. The van der Waals surface area contributed by atoms with Gasteiger partial charge in [0.1, 0.15) is 11.2 Å². The lowest BCUT2D eigenvalue weighted by atomic mass is 10.1. The van der Waals surface area contributed by atoms with Crippen LogP contribution < -0.4 is 10.7 Å². The Morgan fingerprint density at radius 3 is 2.64 bits per heavy atom. The van der Waals surface area contributed by atoms with Gasteiger partial charge in [0.2, 0.25) is 5.43 Å². The van der Waals surface area contributed by atoms with Gasteiger partial charge in [-0.2, -0.15) is 5.10 Å². The SMILES string of the molecule is Cc1ccc(Cl)cc1NC(=O)c1c[nH]c2c(c(C)nn2-c2ccccc2)c1=O. The van der Waals surface area contributed by atoms with Gasteiger partial charge in [-0.15, -0.1) is 0 Å². The number of halogens is 1. The molecule has 1 amide bonds. The van der Waals surface area contributed by atoms with Crippen molar-refractivity contribution >= 4 is 34.2 Å². The molecule has 0 fully saturated rings. The molecule has 0 saturated carbocycles. The Balaban J connectivity index is 1.78. The van der Waals surface area contributed by atoms with Crippen molar-refractivity contribution in [3.05, 3.63) is 86.8 Å². The largest absolute Gasteiger partial charge is 0.345 e. The lowest BCUT2D eigenvalue weighted by molar-refractivity contribution is 0.102. The molecule has 4 rings (SSSR count). The molecule has 140 valence electrons. The molecule has 0 radical (unpaired) electrons. The lowest BCUT2D eigenvalue weighted by Gasteiger charge is -2.09. The van der Waals surface area contributed by atoms with Crippen LogP contribution in [0.25, 0.3) is 16.7 Å². The Hall–Kier alpha value is -3.38. The van der Waals surface area contributed by atoms with Crippen molar-refractivity contribution in [2.45, 2.75) is 13.8 Å². The van der Waals surface area contributed by atoms with Crippen molar-refractivity contribution in [1.82, 2.24) is 14.8 Å². The standard InChI is InChI=1S/C21H17ClN4O2/c1-12-8-9-14(22)10-17(12)24-21(28)16-11-23-20-18(19(16)27)13(2)25-26(20)15-6-4-3-5-7-15/h3-11H,1-2H3,(H,23,27)(H,24,28). The lowest BCUT2D eigenvalue weighted by Crippen LogP contribution is -2.22. The summed E-state index contributed by atoms with van der Waals surface area (Å²) in [4.78, 5) is 28.8. The van der Waals surface area contributed by atoms with Crippen molar-refractivity contribution < 1.29 is 4.79 Å². The summed E-state index contributed by atoms with van der Waals surface area (Å²) in [7, 11) is 0. The summed E-state index contributed by atoms with van der Waals surface area (Å²) in [5.74, 6) is -0.500. The fourth-order valence-corrected chi connectivity index (χ4v) is 3.29. The number of rotatable bonds is 3. The summed E-state index contributed by atoms with van der Waals surface area (Å²) >= 11 is 6.01. The van der Waals surface area contributed by atoms with Gasteiger partial charge in [0, 0.05) is 16.9 Å². The van der Waals surface area contributed by atoms with Crippen molar-refractivity contribution in [2.24, 2.45) is 0 Å². The molecule has 0 aliphatic carbocycles. The molecule has 4 aromatic rings. The number of amides is 1. The molecule has 0 saturated heterocycles. The van der Waals surface area contributed by atoms with Gasteiger partial charge in [-0.25, -0.2) is 4.68 Å². The first-order chi connectivity index (χ1) is 13.5. The first kappa shape index (κ1) is 18.0. The Labute approximate surface area is 165 Å². The molecule has 2 N–H and O–H groups in total. The third kappa shape index (κ3) is 3.08. The molecule has 7 heteroatoms. The number of nitrogens with zero attached hydrogens (tertiary/aromatic N) is 2. The van der Waals surface area contributed by atoms with E-state index in [2.05, 4.69) is 15.4 Å². The predicted octanol–water partition coefficient (Wildman–Crippen LogP) is 4.24. The Kier molecular flexibility index (Phi) is 4.49. The summed E-state index contributed by atoms with van der Waals surface area (Å²) in [6, 6.07) is 14.7. The van der Waals surface area contributed by atoms with Crippen LogP contribution in [-0.2, 0) is 0 Å². The van der Waals surface area contributed by atoms with Crippen molar-refractivity contribution in [2.75, 3.05) is 5.32 Å². The molecule has 2 heterocycles. The molecular formula is C21H17ClN4O2. The fraction of sp³-hybridized carbons (Fsp3) is 0.0952. The van der Waals surface area contributed by atoms with Crippen LogP contribution in [0, 0.1) is 13.8 Å². The zero-order valence-electron chi connectivity index (χ0n) is 15.3.